The smallest absolute Gasteiger partial charge is 0.410 e. The van der Waals surface area contributed by atoms with E-state index in [0.29, 0.717) is 5.75 Å². The molecule has 0 spiro atoms. The maximum Gasteiger partial charge on any atom is 0.417 e. The second kappa shape index (κ2) is 13.3. The van der Waals surface area contributed by atoms with E-state index in [1.807, 2.05) is 43.3 Å². The molecule has 8 heteroatoms. The molecule has 1 amide bonds. The number of carbonyl (C=O) groups is 1. The van der Waals surface area contributed by atoms with Gasteiger partial charge in [0.2, 0.25) is 0 Å². The molecule has 0 bridgehead atoms. The minimum Gasteiger partial charge on any atom is -0.410 e. The number of nitrogens with one attached hydrogen (secondary N) is 1. The fraction of sp³-hybridized carbons (Fsp3) is 0.241. The van der Waals surface area contributed by atoms with E-state index in [4.69, 9.17) is 4.74 Å². The number of anilines is 2. The lowest BCUT2D eigenvalue weighted by molar-refractivity contribution is 0.215. The van der Waals surface area contributed by atoms with Gasteiger partial charge in [0.05, 0.1) is 5.52 Å². The van der Waals surface area contributed by atoms with Crippen molar-refractivity contribution >= 4 is 53.2 Å². The lowest BCUT2D eigenvalue weighted by Gasteiger charge is -2.36. The lowest BCUT2D eigenvalue weighted by Crippen LogP contribution is -2.47. The topological polar surface area (TPSA) is 57.7 Å². The summed E-state index contributed by atoms with van der Waals surface area (Å²) in [6, 6.07) is 27.7. The van der Waals surface area contributed by atoms with Crippen LogP contribution in [0.2, 0.25) is 0 Å². The fourth-order valence-electron chi connectivity index (χ4n) is 4.56. The predicted molar refractivity (Wildman–Crippen MR) is 156 cm³/mol. The van der Waals surface area contributed by atoms with Gasteiger partial charge in [-0.05, 0) is 67.4 Å². The van der Waals surface area contributed by atoms with E-state index in [-0.39, 0.29) is 24.8 Å². The minimum absolute atomic E-state index is 0. The molecule has 0 aliphatic carbocycles. The average Bonchev–Trinajstić information content (AvgIpc) is 2.88. The van der Waals surface area contributed by atoms with Crippen molar-refractivity contribution in [1.82, 2.24) is 9.88 Å². The van der Waals surface area contributed by atoms with Gasteiger partial charge in [0.1, 0.15) is 5.75 Å². The van der Waals surface area contributed by atoms with Crippen LogP contribution in [0.15, 0.2) is 84.9 Å². The van der Waals surface area contributed by atoms with Gasteiger partial charge in [0.25, 0.3) is 0 Å². The number of amides is 1. The van der Waals surface area contributed by atoms with Crippen molar-refractivity contribution in [2.24, 2.45) is 0 Å². The Morgan fingerprint density at radius 2 is 1.65 bits per heavy atom. The molecule has 0 atom stereocenters. The summed E-state index contributed by atoms with van der Waals surface area (Å²) >= 11 is 0. The maximum atomic E-state index is 12.2. The second-order valence-corrected chi connectivity index (χ2v) is 8.90. The van der Waals surface area contributed by atoms with E-state index in [0.717, 1.165) is 56.0 Å². The van der Waals surface area contributed by atoms with E-state index in [2.05, 4.69) is 56.5 Å². The summed E-state index contributed by atoms with van der Waals surface area (Å²) in [7, 11) is 0. The molecule has 1 saturated heterocycles. The Morgan fingerprint density at radius 1 is 0.892 bits per heavy atom. The highest BCUT2D eigenvalue weighted by atomic mass is 35.5. The number of ether oxygens (including phenoxy) is 1. The second-order valence-electron chi connectivity index (χ2n) is 8.90. The van der Waals surface area contributed by atoms with Crippen LogP contribution in [-0.4, -0.2) is 48.7 Å². The van der Waals surface area contributed by atoms with Crippen LogP contribution in [0.25, 0.3) is 10.9 Å². The maximum absolute atomic E-state index is 12.2. The first kappa shape index (κ1) is 28.3. The molecule has 4 aromatic rings. The average molecular weight is 540 g/mol. The van der Waals surface area contributed by atoms with Crippen LogP contribution in [0.5, 0.6) is 5.75 Å². The number of pyridine rings is 1. The summed E-state index contributed by atoms with van der Waals surface area (Å²) in [5.74, 6) is 0.523. The van der Waals surface area contributed by atoms with E-state index in [9.17, 15) is 4.79 Å². The van der Waals surface area contributed by atoms with Gasteiger partial charge in [-0.3, -0.25) is 15.2 Å². The Morgan fingerprint density at radius 3 is 2.43 bits per heavy atom. The molecule has 1 aliphatic heterocycles. The molecule has 2 heterocycles. The number of aryl methyl sites for hydroxylation is 1. The van der Waals surface area contributed by atoms with E-state index in [1.165, 1.54) is 16.6 Å². The predicted octanol–water partition coefficient (Wildman–Crippen LogP) is 6.36. The molecule has 0 radical (unpaired) electrons. The lowest BCUT2D eigenvalue weighted by atomic mass is 10.1. The Balaban J connectivity index is 0.00000190. The van der Waals surface area contributed by atoms with Crippen LogP contribution in [0, 0.1) is 6.92 Å². The van der Waals surface area contributed by atoms with Gasteiger partial charge in [-0.2, -0.15) is 0 Å². The molecular formula is C29H32Cl2N4O2. The first-order valence-electron chi connectivity index (χ1n) is 12.1. The van der Waals surface area contributed by atoms with Gasteiger partial charge < -0.3 is 9.64 Å². The number of nitrogens with zero attached hydrogens (tertiary/aromatic N) is 3. The molecule has 1 N–H and O–H groups in total. The Kier molecular flexibility index (Phi) is 10.1. The van der Waals surface area contributed by atoms with Crippen LogP contribution >= 0.6 is 24.8 Å². The van der Waals surface area contributed by atoms with Crippen molar-refractivity contribution in [3.63, 3.8) is 0 Å². The van der Waals surface area contributed by atoms with E-state index in [1.54, 1.807) is 12.1 Å². The van der Waals surface area contributed by atoms with Crippen LogP contribution in [0.1, 0.15) is 11.3 Å². The number of piperazine rings is 1. The van der Waals surface area contributed by atoms with Gasteiger partial charge in [-0.15, -0.1) is 24.8 Å². The van der Waals surface area contributed by atoms with E-state index < -0.39 is 6.09 Å². The molecule has 5 rings (SSSR count). The zero-order valence-electron chi connectivity index (χ0n) is 20.8. The number of fused-ring (bicyclic) bond motifs is 1. The standard InChI is InChI=1S/C29H30N4O2.2ClH/c1-22-13-14-26-27(30-22)11-6-12-28(26)33-19-17-32(18-20-33)16-15-23-7-5-8-24(21-23)31-29(34)35-25-9-3-2-4-10-25;;/h2-14,21H,15-20H2,1H3,(H,31,34);2*1H. The van der Waals surface area contributed by atoms with Gasteiger partial charge in [0, 0.05) is 55.2 Å². The summed E-state index contributed by atoms with van der Waals surface area (Å²) in [6.07, 6.45) is 0.448. The summed E-state index contributed by atoms with van der Waals surface area (Å²) in [6.45, 7) is 7.07. The summed E-state index contributed by atoms with van der Waals surface area (Å²) in [5, 5.41) is 4.05. The Bertz CT molecular complexity index is 1310. The van der Waals surface area contributed by atoms with Crippen molar-refractivity contribution in [2.75, 3.05) is 42.9 Å². The van der Waals surface area contributed by atoms with Gasteiger partial charge in [-0.1, -0.05) is 36.4 Å². The highest BCUT2D eigenvalue weighted by Crippen LogP contribution is 2.27. The Labute approximate surface area is 230 Å². The molecule has 1 aromatic heterocycles. The van der Waals surface area contributed by atoms with Crippen LogP contribution in [0.4, 0.5) is 16.2 Å². The number of hydrogen-bond donors (Lipinski definition) is 1. The molecule has 0 unspecified atom stereocenters. The largest absolute Gasteiger partial charge is 0.417 e. The van der Waals surface area contributed by atoms with Crippen molar-refractivity contribution in [3.05, 3.63) is 96.2 Å². The molecule has 0 saturated carbocycles. The number of aromatic nitrogens is 1. The minimum atomic E-state index is -0.483. The van der Waals surface area contributed by atoms with Crippen molar-refractivity contribution in [1.29, 1.82) is 0 Å². The molecule has 6 nitrogen and oxygen atoms in total. The van der Waals surface area contributed by atoms with Crippen molar-refractivity contribution in [2.45, 2.75) is 13.3 Å². The number of rotatable bonds is 6. The van der Waals surface area contributed by atoms with Gasteiger partial charge >= 0.3 is 6.09 Å². The van der Waals surface area contributed by atoms with Crippen LogP contribution < -0.4 is 15.0 Å². The molecule has 37 heavy (non-hydrogen) atoms. The van der Waals surface area contributed by atoms with Crippen molar-refractivity contribution in [3.8, 4) is 5.75 Å². The van der Waals surface area contributed by atoms with E-state index >= 15 is 0 Å². The first-order chi connectivity index (χ1) is 17.1. The third kappa shape index (κ3) is 7.35. The number of para-hydroxylation sites is 1. The molecule has 1 fully saturated rings. The normalized spacial score (nSPS) is 13.4. The van der Waals surface area contributed by atoms with Gasteiger partial charge in [0.15, 0.2) is 0 Å². The third-order valence-electron chi connectivity index (χ3n) is 6.40. The number of halogens is 2. The molecular weight excluding hydrogens is 507 g/mol. The highest BCUT2D eigenvalue weighted by Gasteiger charge is 2.19. The van der Waals surface area contributed by atoms with Gasteiger partial charge in [-0.25, -0.2) is 4.79 Å². The summed E-state index contributed by atoms with van der Waals surface area (Å²) in [5.41, 5.74) is 5.32. The quantitative estimate of drug-likeness (QED) is 0.309. The zero-order valence-corrected chi connectivity index (χ0v) is 22.4. The SMILES string of the molecule is Cc1ccc2c(N3CCN(CCc4cccc(NC(=O)Oc5ccccc5)c4)CC3)cccc2n1.Cl.Cl. The monoisotopic (exact) mass is 538 g/mol. The first-order valence-corrected chi connectivity index (χ1v) is 12.1. The van der Waals surface area contributed by atoms with Crippen LogP contribution in [-0.2, 0) is 6.42 Å². The molecule has 3 aromatic carbocycles. The third-order valence-corrected chi connectivity index (χ3v) is 6.40. The van der Waals surface area contributed by atoms with Crippen molar-refractivity contribution < 1.29 is 9.53 Å². The Hall–Kier alpha value is -3.32. The number of carbonyl (C=O) groups excluding carboxylic acids is 1. The zero-order chi connectivity index (χ0) is 24.0. The summed E-state index contributed by atoms with van der Waals surface area (Å²) < 4.78 is 5.33. The number of hydrogen-bond acceptors (Lipinski definition) is 5. The molecule has 194 valence electrons. The molecule has 1 aliphatic rings. The van der Waals surface area contributed by atoms with Crippen LogP contribution in [0.3, 0.4) is 0 Å². The number of benzene rings is 3. The fourth-order valence-corrected chi connectivity index (χ4v) is 4.56. The summed E-state index contributed by atoms with van der Waals surface area (Å²) in [4.78, 5) is 21.9. The highest BCUT2D eigenvalue weighted by molar-refractivity contribution is 5.92.